The van der Waals surface area contributed by atoms with E-state index in [1.807, 2.05) is 4.90 Å². The molecule has 0 atom stereocenters. The van der Waals surface area contributed by atoms with Crippen molar-refractivity contribution < 1.29 is 9.90 Å². The molecule has 3 rings (SSSR count). The summed E-state index contributed by atoms with van der Waals surface area (Å²) in [6.07, 6.45) is 3.24. The minimum atomic E-state index is -0.184. The Bertz CT molecular complexity index is 584. The predicted octanol–water partition coefficient (Wildman–Crippen LogP) is 1.51. The summed E-state index contributed by atoms with van der Waals surface area (Å²) in [4.78, 5) is 24.3. The second kappa shape index (κ2) is 7.53. The molecule has 1 aliphatic heterocycles. The lowest BCUT2D eigenvalue weighted by Gasteiger charge is -2.35. The number of nitrogens with zero attached hydrogens (tertiary/aromatic N) is 4. The minimum absolute atomic E-state index is 0.109. The van der Waals surface area contributed by atoms with Gasteiger partial charge in [0.25, 0.3) is 0 Å². The lowest BCUT2D eigenvalue weighted by molar-refractivity contribution is -0.129. The summed E-state index contributed by atoms with van der Waals surface area (Å²) in [5.41, 5.74) is 0. The summed E-state index contributed by atoms with van der Waals surface area (Å²) >= 11 is 6.17. The van der Waals surface area contributed by atoms with Gasteiger partial charge >= 0.3 is 0 Å². The van der Waals surface area contributed by atoms with E-state index < -0.39 is 0 Å². The highest BCUT2D eigenvalue weighted by molar-refractivity contribution is 6.29. The van der Waals surface area contributed by atoms with Gasteiger partial charge in [-0.15, -0.1) is 0 Å². The average molecular weight is 354 g/mol. The first-order valence-electron chi connectivity index (χ1n) is 8.51. The molecule has 0 spiro atoms. The van der Waals surface area contributed by atoms with E-state index in [0.717, 1.165) is 44.6 Å². The van der Waals surface area contributed by atoms with E-state index >= 15 is 0 Å². The summed E-state index contributed by atoms with van der Waals surface area (Å²) in [5, 5.41) is 13.3. The SMILES string of the molecule is CC(=O)N1CCN(c2cc(Cl)nc(NC3CCC(O)CC3)n2)CC1. The summed E-state index contributed by atoms with van der Waals surface area (Å²) in [5.74, 6) is 1.43. The van der Waals surface area contributed by atoms with Crippen molar-refractivity contribution in [2.45, 2.75) is 44.8 Å². The van der Waals surface area contributed by atoms with Crippen LogP contribution in [0.5, 0.6) is 0 Å². The molecule has 0 unspecified atom stereocenters. The minimum Gasteiger partial charge on any atom is -0.393 e. The third-order valence-corrected chi connectivity index (χ3v) is 4.95. The Balaban J connectivity index is 1.65. The van der Waals surface area contributed by atoms with Gasteiger partial charge in [0.1, 0.15) is 11.0 Å². The van der Waals surface area contributed by atoms with Crippen LogP contribution < -0.4 is 10.2 Å². The standard InChI is InChI=1S/C16H24ClN5O2/c1-11(23)21-6-8-22(9-7-21)15-10-14(17)19-16(20-15)18-12-2-4-13(24)5-3-12/h10,12-13,24H,2-9H2,1H3,(H,18,19,20). The summed E-state index contributed by atoms with van der Waals surface area (Å²) in [7, 11) is 0. The predicted molar refractivity (Wildman–Crippen MR) is 93.4 cm³/mol. The number of halogens is 1. The molecule has 7 nitrogen and oxygen atoms in total. The van der Waals surface area contributed by atoms with Crippen LogP contribution in [-0.2, 0) is 4.79 Å². The normalized spacial score (nSPS) is 24.8. The van der Waals surface area contributed by atoms with Crippen molar-refractivity contribution in [2.75, 3.05) is 36.4 Å². The van der Waals surface area contributed by atoms with E-state index in [1.54, 1.807) is 13.0 Å². The summed E-state index contributed by atoms with van der Waals surface area (Å²) < 4.78 is 0. The molecule has 1 saturated heterocycles. The maximum atomic E-state index is 11.4. The van der Waals surface area contributed by atoms with Gasteiger partial charge in [-0.05, 0) is 25.7 Å². The van der Waals surface area contributed by atoms with Crippen LogP contribution in [0.1, 0.15) is 32.6 Å². The molecular weight excluding hydrogens is 330 g/mol. The van der Waals surface area contributed by atoms with Crippen LogP contribution in [0.15, 0.2) is 6.07 Å². The quantitative estimate of drug-likeness (QED) is 0.802. The van der Waals surface area contributed by atoms with Crippen molar-refractivity contribution >= 4 is 29.3 Å². The molecule has 1 aromatic heterocycles. The van der Waals surface area contributed by atoms with Crippen LogP contribution >= 0.6 is 11.6 Å². The second-order valence-corrected chi connectivity index (χ2v) is 6.90. The Labute approximate surface area is 147 Å². The molecule has 132 valence electrons. The molecule has 1 saturated carbocycles. The van der Waals surface area contributed by atoms with Crippen molar-refractivity contribution in [1.29, 1.82) is 0 Å². The third kappa shape index (κ3) is 4.27. The fourth-order valence-corrected chi connectivity index (χ4v) is 3.46. The number of aliphatic hydroxyl groups is 1. The van der Waals surface area contributed by atoms with Gasteiger partial charge in [0.05, 0.1) is 6.10 Å². The zero-order chi connectivity index (χ0) is 17.1. The molecule has 0 radical (unpaired) electrons. The fourth-order valence-electron chi connectivity index (χ4n) is 3.29. The number of hydrogen-bond donors (Lipinski definition) is 2. The Morgan fingerprint density at radius 2 is 1.88 bits per heavy atom. The van der Waals surface area contributed by atoms with Crippen LogP contribution in [0.25, 0.3) is 0 Å². The number of nitrogens with one attached hydrogen (secondary N) is 1. The van der Waals surface area contributed by atoms with Crippen LogP contribution in [0.2, 0.25) is 5.15 Å². The van der Waals surface area contributed by atoms with Crippen molar-refractivity contribution in [3.05, 3.63) is 11.2 Å². The molecule has 2 heterocycles. The van der Waals surface area contributed by atoms with Gasteiger partial charge in [0.2, 0.25) is 11.9 Å². The van der Waals surface area contributed by atoms with Crippen LogP contribution in [-0.4, -0.2) is 64.2 Å². The molecule has 1 amide bonds. The average Bonchev–Trinajstić information content (AvgIpc) is 2.56. The number of rotatable bonds is 3. The molecule has 0 bridgehead atoms. The van der Waals surface area contributed by atoms with Crippen molar-refractivity contribution in [1.82, 2.24) is 14.9 Å². The summed E-state index contributed by atoms with van der Waals surface area (Å²) in [6, 6.07) is 2.04. The number of carbonyl (C=O) groups is 1. The highest BCUT2D eigenvalue weighted by Crippen LogP contribution is 2.24. The molecule has 2 aliphatic rings. The zero-order valence-electron chi connectivity index (χ0n) is 13.9. The third-order valence-electron chi connectivity index (χ3n) is 4.76. The van der Waals surface area contributed by atoms with E-state index in [-0.39, 0.29) is 18.1 Å². The van der Waals surface area contributed by atoms with Gasteiger partial charge in [-0.2, -0.15) is 4.98 Å². The zero-order valence-corrected chi connectivity index (χ0v) is 14.7. The van der Waals surface area contributed by atoms with E-state index in [1.165, 1.54) is 0 Å². The lowest BCUT2D eigenvalue weighted by atomic mass is 9.93. The molecular formula is C16H24ClN5O2. The topological polar surface area (TPSA) is 81.6 Å². The highest BCUT2D eigenvalue weighted by Gasteiger charge is 2.22. The number of aromatic nitrogens is 2. The molecule has 2 fully saturated rings. The first-order valence-corrected chi connectivity index (χ1v) is 8.88. The summed E-state index contributed by atoms with van der Waals surface area (Å²) in [6.45, 7) is 4.46. The van der Waals surface area contributed by atoms with E-state index in [9.17, 15) is 9.90 Å². The maximum Gasteiger partial charge on any atom is 0.226 e. The van der Waals surface area contributed by atoms with Crippen molar-refractivity contribution in [3.8, 4) is 0 Å². The fraction of sp³-hybridized carbons (Fsp3) is 0.688. The molecule has 2 N–H and O–H groups in total. The van der Waals surface area contributed by atoms with Crippen LogP contribution in [0, 0.1) is 0 Å². The number of piperazine rings is 1. The number of hydrogen-bond acceptors (Lipinski definition) is 6. The molecule has 1 aliphatic carbocycles. The Kier molecular flexibility index (Phi) is 5.40. The van der Waals surface area contributed by atoms with Crippen LogP contribution in [0.3, 0.4) is 0 Å². The van der Waals surface area contributed by atoms with E-state index in [2.05, 4.69) is 20.2 Å². The number of carbonyl (C=O) groups excluding carboxylic acids is 1. The first-order chi connectivity index (χ1) is 11.5. The molecule has 24 heavy (non-hydrogen) atoms. The maximum absolute atomic E-state index is 11.4. The van der Waals surface area contributed by atoms with E-state index in [0.29, 0.717) is 24.2 Å². The smallest absolute Gasteiger partial charge is 0.226 e. The van der Waals surface area contributed by atoms with Gasteiger partial charge in [0.15, 0.2) is 0 Å². The van der Waals surface area contributed by atoms with Crippen molar-refractivity contribution in [2.24, 2.45) is 0 Å². The van der Waals surface area contributed by atoms with Gasteiger partial charge in [-0.25, -0.2) is 4.98 Å². The molecule has 8 heteroatoms. The Morgan fingerprint density at radius 1 is 1.21 bits per heavy atom. The van der Waals surface area contributed by atoms with Gasteiger partial charge in [-0.3, -0.25) is 4.79 Å². The van der Waals surface area contributed by atoms with Gasteiger partial charge < -0.3 is 20.2 Å². The molecule has 1 aromatic rings. The number of aliphatic hydroxyl groups excluding tert-OH is 1. The largest absolute Gasteiger partial charge is 0.393 e. The Morgan fingerprint density at radius 3 is 2.50 bits per heavy atom. The number of amides is 1. The lowest BCUT2D eigenvalue weighted by Crippen LogP contribution is -2.48. The van der Waals surface area contributed by atoms with Crippen molar-refractivity contribution in [3.63, 3.8) is 0 Å². The van der Waals surface area contributed by atoms with Crippen LogP contribution in [0.4, 0.5) is 11.8 Å². The monoisotopic (exact) mass is 353 g/mol. The van der Waals surface area contributed by atoms with Gasteiger partial charge in [-0.1, -0.05) is 11.6 Å². The van der Waals surface area contributed by atoms with E-state index in [4.69, 9.17) is 11.6 Å². The highest BCUT2D eigenvalue weighted by atomic mass is 35.5. The second-order valence-electron chi connectivity index (χ2n) is 6.52. The molecule has 0 aromatic carbocycles. The Hall–Kier alpha value is -1.60. The first kappa shape index (κ1) is 17.2. The number of anilines is 2. The van der Waals surface area contributed by atoms with Gasteiger partial charge in [0, 0.05) is 45.2 Å².